The molecular weight excluding hydrogens is 240 g/mol. The molecule has 3 heteroatoms. The van der Waals surface area contributed by atoms with E-state index >= 15 is 0 Å². The van der Waals surface area contributed by atoms with E-state index in [2.05, 4.69) is 6.92 Å². The summed E-state index contributed by atoms with van der Waals surface area (Å²) in [5.41, 5.74) is 1.54. The first kappa shape index (κ1) is 12.4. The molecule has 1 saturated carbocycles. The van der Waals surface area contributed by atoms with Crippen molar-refractivity contribution in [3.05, 3.63) is 41.4 Å². The number of aliphatic hydroxyl groups excluding tert-OH is 1. The molecule has 0 unspecified atom stereocenters. The molecule has 19 heavy (non-hydrogen) atoms. The van der Waals surface area contributed by atoms with E-state index in [-0.39, 0.29) is 17.3 Å². The topological polar surface area (TPSA) is 50.4 Å². The van der Waals surface area contributed by atoms with Crippen LogP contribution in [0.1, 0.15) is 38.4 Å². The Labute approximate surface area is 112 Å². The number of carbonyl (C=O) groups is 1. The lowest BCUT2D eigenvalue weighted by Crippen LogP contribution is -2.40. The summed E-state index contributed by atoms with van der Waals surface area (Å²) in [6.45, 7) is 2.06. The fraction of sp³-hybridized carbons (Fsp3) is 0.438. The molecule has 0 saturated heterocycles. The zero-order chi connectivity index (χ0) is 13.5. The average molecular weight is 258 g/mol. The summed E-state index contributed by atoms with van der Waals surface area (Å²) in [5.74, 6) is 0.743. The van der Waals surface area contributed by atoms with E-state index in [1.54, 1.807) is 24.5 Å². The summed E-state index contributed by atoms with van der Waals surface area (Å²) >= 11 is 0. The first-order chi connectivity index (χ1) is 9.09. The van der Waals surface area contributed by atoms with Gasteiger partial charge in [-0.3, -0.25) is 4.79 Å². The Bertz CT molecular complexity index is 551. The number of allylic oxidation sites excluding steroid dienone is 2. The van der Waals surface area contributed by atoms with Crippen molar-refractivity contribution in [1.29, 1.82) is 0 Å². The Morgan fingerprint density at radius 1 is 1.53 bits per heavy atom. The number of ketones is 1. The maximum Gasteiger partial charge on any atom is 0.181 e. The molecule has 3 rings (SSSR count). The Morgan fingerprint density at radius 2 is 2.37 bits per heavy atom. The standard InChI is InChI=1S/C16H18O3/c1-16-10-11(8-13-5-3-7-19-13)14(17)9-12(16)4-2-6-15(16)18/h3,5,7-9,15,18H,2,4,6,10H2,1H3/b11-8+/t15-,16-/m0/s1. The van der Waals surface area contributed by atoms with Crippen molar-refractivity contribution in [1.82, 2.24) is 0 Å². The van der Waals surface area contributed by atoms with E-state index in [0.29, 0.717) is 12.2 Å². The normalized spacial score (nSPS) is 33.2. The minimum absolute atomic E-state index is 0.0537. The van der Waals surface area contributed by atoms with Gasteiger partial charge in [-0.15, -0.1) is 0 Å². The molecule has 0 bridgehead atoms. The van der Waals surface area contributed by atoms with Crippen LogP contribution in [0.15, 0.2) is 40.0 Å². The Kier molecular flexibility index (Phi) is 2.94. The number of furan rings is 1. The van der Waals surface area contributed by atoms with Crippen LogP contribution in [0, 0.1) is 5.41 Å². The summed E-state index contributed by atoms with van der Waals surface area (Å²) in [4.78, 5) is 12.2. The van der Waals surface area contributed by atoms with Crippen LogP contribution in [0.3, 0.4) is 0 Å². The molecule has 1 aromatic rings. The number of aliphatic hydroxyl groups is 1. The van der Waals surface area contributed by atoms with Crippen molar-refractivity contribution in [3.63, 3.8) is 0 Å². The fourth-order valence-electron chi connectivity index (χ4n) is 3.17. The molecule has 0 radical (unpaired) electrons. The van der Waals surface area contributed by atoms with Crippen molar-refractivity contribution in [3.8, 4) is 0 Å². The summed E-state index contributed by atoms with van der Waals surface area (Å²) in [6.07, 6.45) is 8.05. The maximum atomic E-state index is 12.2. The van der Waals surface area contributed by atoms with E-state index in [9.17, 15) is 9.90 Å². The first-order valence-electron chi connectivity index (χ1n) is 6.77. The van der Waals surface area contributed by atoms with Crippen LogP contribution in [0.25, 0.3) is 6.08 Å². The second-order valence-corrected chi connectivity index (χ2v) is 5.72. The van der Waals surface area contributed by atoms with Gasteiger partial charge in [0.05, 0.1) is 12.4 Å². The van der Waals surface area contributed by atoms with Crippen molar-refractivity contribution in [2.75, 3.05) is 0 Å². The van der Waals surface area contributed by atoms with Crippen LogP contribution < -0.4 is 0 Å². The molecule has 2 aliphatic rings. The molecule has 3 nitrogen and oxygen atoms in total. The summed E-state index contributed by atoms with van der Waals surface area (Å²) in [5, 5.41) is 10.3. The van der Waals surface area contributed by atoms with Gasteiger partial charge in [-0.1, -0.05) is 12.5 Å². The predicted octanol–water partition coefficient (Wildman–Crippen LogP) is 3.11. The molecule has 2 atom stereocenters. The molecule has 100 valence electrons. The van der Waals surface area contributed by atoms with Gasteiger partial charge < -0.3 is 9.52 Å². The minimum atomic E-state index is -0.361. The van der Waals surface area contributed by atoms with E-state index in [1.807, 2.05) is 6.07 Å². The summed E-state index contributed by atoms with van der Waals surface area (Å²) in [7, 11) is 0. The van der Waals surface area contributed by atoms with Crippen molar-refractivity contribution >= 4 is 11.9 Å². The van der Waals surface area contributed by atoms with E-state index in [1.165, 1.54) is 0 Å². The highest BCUT2D eigenvalue weighted by Gasteiger charge is 2.43. The largest absolute Gasteiger partial charge is 0.465 e. The lowest BCUT2D eigenvalue weighted by molar-refractivity contribution is -0.112. The van der Waals surface area contributed by atoms with E-state index in [4.69, 9.17) is 4.42 Å². The lowest BCUT2D eigenvalue weighted by atomic mass is 9.63. The van der Waals surface area contributed by atoms with Gasteiger partial charge in [0.1, 0.15) is 5.76 Å². The second-order valence-electron chi connectivity index (χ2n) is 5.72. The zero-order valence-electron chi connectivity index (χ0n) is 11.1. The van der Waals surface area contributed by atoms with Crippen molar-refractivity contribution in [2.45, 2.75) is 38.7 Å². The molecule has 1 N–H and O–H groups in total. The highest BCUT2D eigenvalue weighted by atomic mass is 16.3. The minimum Gasteiger partial charge on any atom is -0.465 e. The molecular formula is C16H18O3. The van der Waals surface area contributed by atoms with Crippen LogP contribution in [0.2, 0.25) is 0 Å². The summed E-state index contributed by atoms with van der Waals surface area (Å²) in [6, 6.07) is 3.64. The van der Waals surface area contributed by atoms with Gasteiger partial charge in [-0.25, -0.2) is 0 Å². The fourth-order valence-corrected chi connectivity index (χ4v) is 3.17. The van der Waals surface area contributed by atoms with E-state index in [0.717, 1.165) is 30.4 Å². The first-order valence-corrected chi connectivity index (χ1v) is 6.77. The molecule has 1 fully saturated rings. The summed E-state index contributed by atoms with van der Waals surface area (Å²) < 4.78 is 5.27. The number of fused-ring (bicyclic) bond motifs is 1. The van der Waals surface area contributed by atoms with Gasteiger partial charge in [0.25, 0.3) is 0 Å². The molecule has 0 amide bonds. The Hall–Kier alpha value is -1.61. The van der Waals surface area contributed by atoms with Gasteiger partial charge in [-0.2, -0.15) is 0 Å². The third-order valence-corrected chi connectivity index (χ3v) is 4.43. The van der Waals surface area contributed by atoms with Crippen LogP contribution in [0.5, 0.6) is 0 Å². The van der Waals surface area contributed by atoms with Crippen LogP contribution in [-0.4, -0.2) is 17.0 Å². The maximum absolute atomic E-state index is 12.2. The van der Waals surface area contributed by atoms with Gasteiger partial charge in [0.2, 0.25) is 0 Å². The Morgan fingerprint density at radius 3 is 3.11 bits per heavy atom. The number of hydrogen-bond donors (Lipinski definition) is 1. The van der Waals surface area contributed by atoms with E-state index < -0.39 is 0 Å². The smallest absolute Gasteiger partial charge is 0.181 e. The molecule has 0 spiro atoms. The molecule has 0 aromatic carbocycles. The molecule has 0 aliphatic heterocycles. The monoisotopic (exact) mass is 258 g/mol. The third-order valence-electron chi connectivity index (χ3n) is 4.43. The van der Waals surface area contributed by atoms with Crippen LogP contribution in [-0.2, 0) is 4.79 Å². The van der Waals surface area contributed by atoms with Gasteiger partial charge in [0.15, 0.2) is 5.78 Å². The molecule has 2 aliphatic carbocycles. The predicted molar refractivity (Wildman–Crippen MR) is 72.4 cm³/mol. The number of hydrogen-bond acceptors (Lipinski definition) is 3. The highest BCUT2D eigenvalue weighted by Crippen LogP contribution is 2.48. The van der Waals surface area contributed by atoms with Gasteiger partial charge >= 0.3 is 0 Å². The van der Waals surface area contributed by atoms with Gasteiger partial charge in [-0.05, 0) is 50.0 Å². The average Bonchev–Trinajstić information content (AvgIpc) is 2.86. The second kappa shape index (κ2) is 4.49. The third kappa shape index (κ3) is 2.08. The van der Waals surface area contributed by atoms with Gasteiger partial charge in [0, 0.05) is 11.0 Å². The SMILES string of the molecule is C[C@]12C/C(=C\c3ccco3)C(=O)C=C1CCC[C@@H]2O. The van der Waals surface area contributed by atoms with Crippen LogP contribution >= 0.6 is 0 Å². The molecule has 1 heterocycles. The van der Waals surface area contributed by atoms with Crippen molar-refractivity contribution < 1.29 is 14.3 Å². The number of rotatable bonds is 1. The van der Waals surface area contributed by atoms with Crippen molar-refractivity contribution in [2.24, 2.45) is 5.41 Å². The zero-order valence-corrected chi connectivity index (χ0v) is 11.1. The quantitative estimate of drug-likeness (QED) is 0.787. The Balaban J connectivity index is 1.99. The van der Waals surface area contributed by atoms with Crippen LogP contribution in [0.4, 0.5) is 0 Å². The lowest BCUT2D eigenvalue weighted by Gasteiger charge is -2.43. The number of carbonyl (C=O) groups excluding carboxylic acids is 1. The molecule has 1 aromatic heterocycles. The highest BCUT2D eigenvalue weighted by molar-refractivity contribution is 6.08.